The van der Waals surface area contributed by atoms with Gasteiger partial charge < -0.3 is 20.3 Å². The number of ether oxygens (including phenoxy) is 1. The maximum absolute atomic E-state index is 12.5. The summed E-state index contributed by atoms with van der Waals surface area (Å²) in [5.41, 5.74) is 0.708. The van der Waals surface area contributed by atoms with Crippen LogP contribution in [0, 0.1) is 0 Å². The van der Waals surface area contributed by atoms with Crippen molar-refractivity contribution in [2.75, 3.05) is 20.1 Å². The summed E-state index contributed by atoms with van der Waals surface area (Å²) in [6, 6.07) is 1.20. The molecular weight excluding hydrogens is 430 g/mol. The quantitative estimate of drug-likeness (QED) is 0.537. The van der Waals surface area contributed by atoms with Crippen molar-refractivity contribution in [3.8, 4) is 0 Å². The molecule has 0 saturated carbocycles. The minimum absolute atomic E-state index is 0.0136. The summed E-state index contributed by atoms with van der Waals surface area (Å²) in [4.78, 5) is 67.5. The van der Waals surface area contributed by atoms with Crippen molar-refractivity contribution < 1.29 is 28.7 Å². The number of carbonyl (C=O) groups excluding carboxylic acids is 5. The van der Waals surface area contributed by atoms with E-state index in [9.17, 15) is 24.0 Å². The molecule has 0 radical (unpaired) electrons. The fraction of sp³-hybridized carbons (Fsp3) is 0.545. The molecule has 4 amide bonds. The van der Waals surface area contributed by atoms with Crippen molar-refractivity contribution in [3.63, 3.8) is 0 Å². The first-order valence-electron chi connectivity index (χ1n) is 10.8. The molecule has 2 N–H and O–H groups in total. The molecule has 1 saturated heterocycles. The van der Waals surface area contributed by atoms with E-state index in [0.717, 1.165) is 11.3 Å². The number of ketones is 1. The van der Waals surface area contributed by atoms with Gasteiger partial charge in [0.15, 0.2) is 5.78 Å². The van der Waals surface area contributed by atoms with Crippen molar-refractivity contribution in [1.29, 1.82) is 0 Å². The highest BCUT2D eigenvalue weighted by molar-refractivity contribution is 5.93. The van der Waals surface area contributed by atoms with Crippen LogP contribution in [0.2, 0.25) is 0 Å². The molecular formula is C22H31N5O6. The van der Waals surface area contributed by atoms with Crippen LogP contribution in [0.15, 0.2) is 24.5 Å². The van der Waals surface area contributed by atoms with Gasteiger partial charge in [-0.15, -0.1) is 0 Å². The van der Waals surface area contributed by atoms with E-state index in [2.05, 4.69) is 15.6 Å². The van der Waals surface area contributed by atoms with Gasteiger partial charge in [-0.05, 0) is 39.7 Å². The zero-order chi connectivity index (χ0) is 24.5. The van der Waals surface area contributed by atoms with Gasteiger partial charge in [-0.25, -0.2) is 4.79 Å². The van der Waals surface area contributed by atoms with Crippen LogP contribution in [0.5, 0.6) is 0 Å². The lowest BCUT2D eigenvalue weighted by atomic mass is 10.1. The molecule has 0 spiro atoms. The van der Waals surface area contributed by atoms with Crippen molar-refractivity contribution in [2.24, 2.45) is 0 Å². The Balaban J connectivity index is 1.78. The Kier molecular flexibility index (Phi) is 9.31. The number of likely N-dealkylation sites (N-methyl/N-ethyl adjacent to an activating group) is 1. The van der Waals surface area contributed by atoms with Gasteiger partial charge in [0.1, 0.15) is 18.7 Å². The number of amides is 4. The first kappa shape index (κ1) is 25.8. The number of rotatable bonds is 9. The van der Waals surface area contributed by atoms with Gasteiger partial charge in [0.05, 0.1) is 12.6 Å². The maximum Gasteiger partial charge on any atom is 0.410 e. The minimum Gasteiger partial charge on any atom is -0.444 e. The van der Waals surface area contributed by atoms with Gasteiger partial charge in [-0.2, -0.15) is 0 Å². The molecule has 0 aromatic carbocycles. The Morgan fingerprint density at radius 1 is 1.24 bits per heavy atom. The maximum atomic E-state index is 12.5. The van der Waals surface area contributed by atoms with Crippen molar-refractivity contribution in [3.05, 3.63) is 30.1 Å². The Morgan fingerprint density at radius 2 is 1.97 bits per heavy atom. The second kappa shape index (κ2) is 11.9. The zero-order valence-corrected chi connectivity index (χ0v) is 19.4. The Morgan fingerprint density at radius 3 is 2.61 bits per heavy atom. The highest BCUT2D eigenvalue weighted by Crippen LogP contribution is 2.17. The standard InChI is InChI=1S/C22H31N5O6/c1-14(20(30)24-12-19(29)27-10-6-8-18(27)16(3)28)25-21(31)15(2)26(4)22(32)33-13-17-7-5-9-23-11-17/h5,7,9,11,14-15,18H,6,8,10,12-13H2,1-4H3,(H,24,30)(H,25,31)/t14-,15-,18-/m0/s1. The number of pyridine rings is 1. The third kappa shape index (κ3) is 7.26. The van der Waals surface area contributed by atoms with E-state index >= 15 is 0 Å². The number of hydrogen-bond acceptors (Lipinski definition) is 7. The van der Waals surface area contributed by atoms with Gasteiger partial charge in [-0.3, -0.25) is 29.1 Å². The molecule has 1 aliphatic heterocycles. The van der Waals surface area contributed by atoms with Crippen LogP contribution in [0.1, 0.15) is 39.2 Å². The second-order valence-corrected chi connectivity index (χ2v) is 8.01. The van der Waals surface area contributed by atoms with E-state index in [1.165, 1.54) is 32.7 Å². The van der Waals surface area contributed by atoms with E-state index in [1.54, 1.807) is 24.5 Å². The van der Waals surface area contributed by atoms with E-state index in [4.69, 9.17) is 4.74 Å². The van der Waals surface area contributed by atoms with Crippen LogP contribution in [0.25, 0.3) is 0 Å². The van der Waals surface area contributed by atoms with Crippen molar-refractivity contribution in [1.82, 2.24) is 25.4 Å². The molecule has 0 aliphatic carbocycles. The highest BCUT2D eigenvalue weighted by atomic mass is 16.6. The molecule has 1 aromatic rings. The lowest BCUT2D eigenvalue weighted by Gasteiger charge is -2.25. The number of nitrogens with zero attached hydrogens (tertiary/aromatic N) is 3. The van der Waals surface area contributed by atoms with Crippen molar-refractivity contribution in [2.45, 2.75) is 58.3 Å². The molecule has 11 nitrogen and oxygen atoms in total. The number of hydrogen-bond donors (Lipinski definition) is 2. The van der Waals surface area contributed by atoms with Crippen LogP contribution < -0.4 is 10.6 Å². The number of aromatic nitrogens is 1. The largest absolute Gasteiger partial charge is 0.444 e. The number of nitrogens with one attached hydrogen (secondary N) is 2. The predicted molar refractivity (Wildman–Crippen MR) is 118 cm³/mol. The highest BCUT2D eigenvalue weighted by Gasteiger charge is 2.32. The second-order valence-electron chi connectivity index (χ2n) is 8.01. The monoisotopic (exact) mass is 461 g/mol. The Labute approximate surface area is 192 Å². The number of carbonyl (C=O) groups is 5. The van der Waals surface area contributed by atoms with Gasteiger partial charge in [0.25, 0.3) is 0 Å². The van der Waals surface area contributed by atoms with Crippen LogP contribution in [-0.4, -0.2) is 82.6 Å². The SMILES string of the molecule is CC(=O)[C@@H]1CCCN1C(=O)CNC(=O)[C@H](C)NC(=O)[C@H](C)N(C)C(=O)OCc1cccnc1. The van der Waals surface area contributed by atoms with Crippen LogP contribution in [0.3, 0.4) is 0 Å². The average Bonchev–Trinajstić information content (AvgIpc) is 3.30. The Hall–Kier alpha value is -3.50. The molecule has 1 fully saturated rings. The smallest absolute Gasteiger partial charge is 0.410 e. The average molecular weight is 462 g/mol. The van der Waals surface area contributed by atoms with Crippen molar-refractivity contribution >= 4 is 29.6 Å². The Bertz CT molecular complexity index is 877. The molecule has 2 heterocycles. The molecule has 180 valence electrons. The molecule has 0 bridgehead atoms. The van der Waals surface area contributed by atoms with E-state index < -0.39 is 36.0 Å². The summed E-state index contributed by atoms with van der Waals surface area (Å²) in [7, 11) is 1.42. The molecule has 1 aliphatic rings. The van der Waals surface area contributed by atoms with Crippen LogP contribution in [0.4, 0.5) is 4.79 Å². The molecule has 1 aromatic heterocycles. The summed E-state index contributed by atoms with van der Waals surface area (Å²) in [6.07, 6.45) is 3.84. The normalized spacial score (nSPS) is 17.0. The summed E-state index contributed by atoms with van der Waals surface area (Å²) in [5, 5.41) is 5.01. The fourth-order valence-corrected chi connectivity index (χ4v) is 3.37. The molecule has 0 unspecified atom stereocenters. The molecule has 3 atom stereocenters. The lowest BCUT2D eigenvalue weighted by Crippen LogP contribution is -2.53. The third-order valence-corrected chi connectivity index (χ3v) is 5.54. The van der Waals surface area contributed by atoms with Crippen LogP contribution in [-0.2, 0) is 30.5 Å². The summed E-state index contributed by atoms with van der Waals surface area (Å²) < 4.78 is 5.17. The summed E-state index contributed by atoms with van der Waals surface area (Å²) in [5.74, 6) is -1.53. The van der Waals surface area contributed by atoms with Gasteiger partial charge >= 0.3 is 6.09 Å². The molecule has 33 heavy (non-hydrogen) atoms. The minimum atomic E-state index is -0.935. The third-order valence-electron chi connectivity index (χ3n) is 5.54. The van der Waals surface area contributed by atoms with Crippen LogP contribution >= 0.6 is 0 Å². The fourth-order valence-electron chi connectivity index (χ4n) is 3.37. The van der Waals surface area contributed by atoms with E-state index in [-0.39, 0.29) is 24.8 Å². The predicted octanol–water partition coefficient (Wildman–Crippen LogP) is 0.239. The number of Topliss-reactive ketones (excluding diaryl/α,β-unsaturated/α-hetero) is 1. The summed E-state index contributed by atoms with van der Waals surface area (Å²) >= 11 is 0. The van der Waals surface area contributed by atoms with E-state index in [1.807, 2.05) is 0 Å². The topological polar surface area (TPSA) is 138 Å². The van der Waals surface area contributed by atoms with Gasteiger partial charge in [-0.1, -0.05) is 6.07 Å². The first-order chi connectivity index (χ1) is 15.6. The van der Waals surface area contributed by atoms with E-state index in [0.29, 0.717) is 18.5 Å². The molecule has 11 heteroatoms. The zero-order valence-electron chi connectivity index (χ0n) is 19.4. The first-order valence-corrected chi connectivity index (χ1v) is 10.8. The van der Waals surface area contributed by atoms with Gasteiger partial charge in [0, 0.05) is 31.5 Å². The molecule has 2 rings (SSSR count). The number of likely N-dealkylation sites (tertiary alicyclic amines) is 1. The van der Waals surface area contributed by atoms with Gasteiger partial charge in [0.2, 0.25) is 17.7 Å². The lowest BCUT2D eigenvalue weighted by molar-refractivity contribution is -0.137. The summed E-state index contributed by atoms with van der Waals surface area (Å²) in [6.45, 7) is 4.65.